The maximum absolute atomic E-state index is 11.8. The van der Waals surface area contributed by atoms with Gasteiger partial charge in [-0.3, -0.25) is 0 Å². The predicted octanol–water partition coefficient (Wildman–Crippen LogP) is 3.32. The van der Waals surface area contributed by atoms with E-state index >= 15 is 0 Å². The van der Waals surface area contributed by atoms with Crippen molar-refractivity contribution < 1.29 is 33.7 Å². The number of aliphatic imine (C=N–C) groups is 1. The van der Waals surface area contributed by atoms with Gasteiger partial charge in [-0.25, -0.2) is 19.3 Å². The third-order valence-corrected chi connectivity index (χ3v) is 3.64. The smallest absolute Gasteiger partial charge is 0.465 e. The molecule has 1 rings (SSSR count). The summed E-state index contributed by atoms with van der Waals surface area (Å²) in [6, 6.07) is -0.670. The fraction of sp³-hybridized carbons (Fsp3) is 0.733. The molecule has 10 heteroatoms. The van der Waals surface area contributed by atoms with Gasteiger partial charge in [0.2, 0.25) is 0 Å². The molecular weight excluding hydrogens is 352 g/mol. The Morgan fingerprint density at radius 1 is 1.16 bits per heavy atom. The molecule has 1 aliphatic heterocycles. The lowest BCUT2D eigenvalue weighted by molar-refractivity contribution is -0.0126. The van der Waals surface area contributed by atoms with E-state index in [2.05, 4.69) is 4.99 Å². The Kier molecular flexibility index (Phi) is 6.69. The Morgan fingerprint density at radius 3 is 2.20 bits per heavy atom. The van der Waals surface area contributed by atoms with Crippen molar-refractivity contribution in [3.05, 3.63) is 0 Å². The fourth-order valence-electron chi connectivity index (χ4n) is 1.72. The molecule has 0 aromatic rings. The van der Waals surface area contributed by atoms with E-state index in [-0.39, 0.29) is 17.5 Å². The molecule has 25 heavy (non-hydrogen) atoms. The first-order valence-corrected chi connectivity index (χ1v) is 8.59. The van der Waals surface area contributed by atoms with Gasteiger partial charge >= 0.3 is 18.3 Å². The van der Waals surface area contributed by atoms with Crippen LogP contribution in [-0.2, 0) is 14.2 Å². The number of rotatable bonds is 2. The normalized spacial score (nSPS) is 19.7. The summed E-state index contributed by atoms with van der Waals surface area (Å²) in [6.45, 7) is 9.90. The van der Waals surface area contributed by atoms with Crippen molar-refractivity contribution in [3.8, 4) is 0 Å². The van der Waals surface area contributed by atoms with Gasteiger partial charge in [-0.15, -0.1) is 0 Å². The van der Waals surface area contributed by atoms with Crippen LogP contribution in [0.25, 0.3) is 0 Å². The molecule has 1 aliphatic rings. The number of carbonyl (C=O) groups is 3. The van der Waals surface area contributed by atoms with Crippen LogP contribution in [0.15, 0.2) is 4.99 Å². The van der Waals surface area contributed by atoms with E-state index in [4.69, 9.17) is 14.2 Å². The molecule has 142 valence electrons. The van der Waals surface area contributed by atoms with E-state index in [0.29, 0.717) is 0 Å². The molecule has 1 saturated heterocycles. The number of amidine groups is 1. The van der Waals surface area contributed by atoms with Crippen LogP contribution in [0, 0.1) is 0 Å². The van der Waals surface area contributed by atoms with Crippen molar-refractivity contribution in [2.24, 2.45) is 4.99 Å². The molecule has 0 saturated carbocycles. The molecule has 0 aliphatic carbocycles. The average molecular weight is 376 g/mol. The van der Waals surface area contributed by atoms with E-state index < -0.39 is 35.6 Å². The zero-order valence-electron chi connectivity index (χ0n) is 15.2. The van der Waals surface area contributed by atoms with Crippen molar-refractivity contribution in [2.75, 3.05) is 12.4 Å². The summed E-state index contributed by atoms with van der Waals surface area (Å²) >= 11 is 1.07. The highest BCUT2D eigenvalue weighted by Crippen LogP contribution is 2.25. The fourth-order valence-corrected chi connectivity index (χ4v) is 2.82. The van der Waals surface area contributed by atoms with Crippen molar-refractivity contribution in [2.45, 2.75) is 58.8 Å². The molecule has 0 aromatic heterocycles. The molecule has 1 atom stereocenters. The van der Waals surface area contributed by atoms with Crippen molar-refractivity contribution in [3.63, 3.8) is 0 Å². The van der Waals surface area contributed by atoms with Crippen LogP contribution in [0.2, 0.25) is 0 Å². The maximum atomic E-state index is 11.8. The van der Waals surface area contributed by atoms with Crippen molar-refractivity contribution in [1.29, 1.82) is 0 Å². The third-order valence-electron chi connectivity index (χ3n) is 2.55. The molecular formula is C15H24N2O7S. The van der Waals surface area contributed by atoms with Gasteiger partial charge in [-0.05, 0) is 41.5 Å². The highest BCUT2D eigenvalue weighted by atomic mass is 32.2. The van der Waals surface area contributed by atoms with Crippen LogP contribution in [0.3, 0.4) is 0 Å². The van der Waals surface area contributed by atoms with Gasteiger partial charge in [0.05, 0.1) is 6.04 Å². The second kappa shape index (κ2) is 7.94. The van der Waals surface area contributed by atoms with Gasteiger partial charge < -0.3 is 19.3 Å². The number of nitrogens with zero attached hydrogens (tertiary/aromatic N) is 2. The number of hydrogen-bond acceptors (Lipinski definition) is 7. The predicted molar refractivity (Wildman–Crippen MR) is 92.0 cm³/mol. The molecule has 1 N–H and O–H groups in total. The lowest BCUT2D eigenvalue weighted by Crippen LogP contribution is -2.42. The molecule has 1 fully saturated rings. The number of carboxylic acid groups (broad SMARTS) is 1. The zero-order chi connectivity index (χ0) is 19.4. The Balaban J connectivity index is 2.73. The van der Waals surface area contributed by atoms with Crippen LogP contribution in [0.4, 0.5) is 14.4 Å². The molecule has 0 spiro atoms. The van der Waals surface area contributed by atoms with Gasteiger partial charge in [-0.1, -0.05) is 11.8 Å². The minimum Gasteiger partial charge on any atom is -0.465 e. The first kappa shape index (κ1) is 21.1. The van der Waals surface area contributed by atoms with Crippen molar-refractivity contribution in [1.82, 2.24) is 4.90 Å². The Hall–Kier alpha value is -1.97. The van der Waals surface area contributed by atoms with Gasteiger partial charge in [0, 0.05) is 5.75 Å². The Morgan fingerprint density at radius 2 is 1.72 bits per heavy atom. The summed E-state index contributed by atoms with van der Waals surface area (Å²) in [5, 5.41) is 9.34. The largest absolute Gasteiger partial charge is 0.508 e. The topological polar surface area (TPSA) is 115 Å². The summed E-state index contributed by atoms with van der Waals surface area (Å²) < 4.78 is 15.0. The minimum atomic E-state index is -1.30. The van der Waals surface area contributed by atoms with Gasteiger partial charge in [0.25, 0.3) is 0 Å². The van der Waals surface area contributed by atoms with E-state index in [9.17, 15) is 19.5 Å². The second-order valence-corrected chi connectivity index (χ2v) is 8.25. The average Bonchev–Trinajstić information content (AvgIpc) is 2.74. The molecule has 0 aromatic carbocycles. The lowest BCUT2D eigenvalue weighted by atomic mass is 10.2. The quantitative estimate of drug-likeness (QED) is 0.730. The van der Waals surface area contributed by atoms with Crippen molar-refractivity contribution >= 4 is 35.3 Å². The highest BCUT2D eigenvalue weighted by molar-refractivity contribution is 8.14. The molecule has 1 unspecified atom stereocenters. The molecule has 9 nitrogen and oxygen atoms in total. The maximum Gasteiger partial charge on any atom is 0.508 e. The van der Waals surface area contributed by atoms with Crippen LogP contribution in [-0.4, -0.2) is 63.1 Å². The lowest BCUT2D eigenvalue weighted by Gasteiger charge is -2.23. The Labute approximate surface area is 150 Å². The van der Waals surface area contributed by atoms with E-state index in [1.54, 1.807) is 41.5 Å². The van der Waals surface area contributed by atoms with E-state index in [1.165, 1.54) is 0 Å². The van der Waals surface area contributed by atoms with Gasteiger partial charge in [0.15, 0.2) is 5.17 Å². The summed E-state index contributed by atoms with van der Waals surface area (Å²) in [4.78, 5) is 39.4. The monoisotopic (exact) mass is 376 g/mol. The summed E-state index contributed by atoms with van der Waals surface area (Å²) in [5.74, 6) is 0.288. The van der Waals surface area contributed by atoms with Gasteiger partial charge in [-0.2, -0.15) is 4.99 Å². The second-order valence-electron chi connectivity index (χ2n) is 7.27. The van der Waals surface area contributed by atoms with Crippen LogP contribution < -0.4 is 0 Å². The molecule has 0 radical (unpaired) electrons. The highest BCUT2D eigenvalue weighted by Gasteiger charge is 2.37. The third kappa shape index (κ3) is 7.63. The van der Waals surface area contributed by atoms with Gasteiger partial charge in [0.1, 0.15) is 17.8 Å². The Bertz CT molecular complexity index is 563. The number of amides is 2. The summed E-state index contributed by atoms with van der Waals surface area (Å²) in [5.41, 5.74) is -1.45. The zero-order valence-corrected chi connectivity index (χ0v) is 16.0. The molecule has 1 heterocycles. The standard InChI is InChI=1S/C15H24N2O7S/c1-14(2,3)23-11(18)16-10-17(12(19)20)9(8-25-10)7-22-13(21)24-15(4,5)6/h9H,7-8H2,1-6H3,(H,19,20). The van der Waals surface area contributed by atoms with Crippen LogP contribution in [0.1, 0.15) is 41.5 Å². The van der Waals surface area contributed by atoms with E-state index in [1.807, 2.05) is 0 Å². The van der Waals surface area contributed by atoms with Crippen LogP contribution in [0.5, 0.6) is 0 Å². The molecule has 0 bridgehead atoms. The first-order valence-electron chi connectivity index (χ1n) is 7.61. The molecule has 2 amide bonds. The summed E-state index contributed by atoms with van der Waals surface area (Å²) in [7, 11) is 0. The van der Waals surface area contributed by atoms with Crippen LogP contribution >= 0.6 is 11.8 Å². The summed E-state index contributed by atoms with van der Waals surface area (Å²) in [6.07, 6.45) is -3.07. The number of hydrogen-bond donors (Lipinski definition) is 1. The first-order chi connectivity index (χ1) is 11.3. The minimum absolute atomic E-state index is 0.0143. The number of carbonyl (C=O) groups excluding carboxylic acids is 2. The number of ether oxygens (including phenoxy) is 3. The number of thioether (sulfide) groups is 1. The SMILES string of the molecule is CC(C)(C)OC(=O)N=C1SCC(COC(=O)OC(C)(C)C)N1C(=O)O. The van der Waals surface area contributed by atoms with E-state index in [0.717, 1.165) is 16.7 Å².